The Hall–Kier alpha value is -0.0800. The van der Waals surface area contributed by atoms with Crippen molar-refractivity contribution in [2.24, 2.45) is 23.2 Å². The molecule has 0 radical (unpaired) electrons. The molecule has 4 aliphatic carbocycles. The Labute approximate surface area is 118 Å². The molecular weight excluding hydrogens is 234 g/mol. The molecule has 0 aromatic rings. The van der Waals surface area contributed by atoms with Crippen molar-refractivity contribution < 1.29 is 5.11 Å². The van der Waals surface area contributed by atoms with Crippen LogP contribution in [-0.2, 0) is 0 Å². The molecule has 110 valence electrons. The lowest BCUT2D eigenvalue weighted by molar-refractivity contribution is -0.125. The van der Waals surface area contributed by atoms with Gasteiger partial charge in [-0.3, -0.25) is 0 Å². The molecule has 0 aromatic heterocycles. The first kappa shape index (κ1) is 13.9. The van der Waals surface area contributed by atoms with Gasteiger partial charge < -0.3 is 10.0 Å². The Morgan fingerprint density at radius 1 is 1.11 bits per heavy atom. The van der Waals surface area contributed by atoms with E-state index in [9.17, 15) is 5.11 Å². The molecule has 0 saturated heterocycles. The van der Waals surface area contributed by atoms with E-state index in [1.807, 2.05) is 0 Å². The lowest BCUT2D eigenvalue weighted by Crippen LogP contribution is -2.54. The molecule has 1 atom stereocenters. The fraction of sp³-hybridized carbons (Fsp3) is 1.00. The highest BCUT2D eigenvalue weighted by Crippen LogP contribution is 2.61. The van der Waals surface area contributed by atoms with Crippen molar-refractivity contribution in [1.29, 1.82) is 0 Å². The van der Waals surface area contributed by atoms with E-state index in [4.69, 9.17) is 0 Å². The molecule has 0 amide bonds. The predicted molar refractivity (Wildman–Crippen MR) is 79.0 cm³/mol. The zero-order chi connectivity index (χ0) is 13.5. The van der Waals surface area contributed by atoms with Crippen LogP contribution < -0.4 is 0 Å². The van der Waals surface area contributed by atoms with E-state index in [1.165, 1.54) is 51.4 Å². The predicted octanol–water partition coefficient (Wildman–Crippen LogP) is 3.30. The van der Waals surface area contributed by atoms with E-state index in [1.54, 1.807) is 0 Å². The lowest BCUT2D eigenvalue weighted by atomic mass is 9.48. The summed E-state index contributed by atoms with van der Waals surface area (Å²) in [7, 11) is 2.18. The Bertz CT molecular complexity index is 279. The second-order valence-corrected chi connectivity index (χ2v) is 7.91. The molecule has 0 spiro atoms. The second kappa shape index (κ2) is 5.37. The molecule has 1 unspecified atom stereocenters. The molecule has 2 nitrogen and oxygen atoms in total. The van der Waals surface area contributed by atoms with Crippen LogP contribution in [0, 0.1) is 23.2 Å². The Kier molecular flexibility index (Phi) is 3.92. The summed E-state index contributed by atoms with van der Waals surface area (Å²) < 4.78 is 0. The van der Waals surface area contributed by atoms with Gasteiger partial charge in [-0.2, -0.15) is 0 Å². The van der Waals surface area contributed by atoms with Gasteiger partial charge in [0.1, 0.15) is 0 Å². The normalized spacial score (nSPS) is 42.0. The lowest BCUT2D eigenvalue weighted by Gasteiger charge is -2.58. The highest BCUT2D eigenvalue weighted by atomic mass is 16.3. The monoisotopic (exact) mass is 265 g/mol. The van der Waals surface area contributed by atoms with Gasteiger partial charge in [0.25, 0.3) is 0 Å². The average Bonchev–Trinajstić information content (AvgIpc) is 2.34. The second-order valence-electron chi connectivity index (χ2n) is 7.91. The largest absolute Gasteiger partial charge is 0.391 e. The molecule has 19 heavy (non-hydrogen) atoms. The van der Waals surface area contributed by atoms with Gasteiger partial charge in [-0.15, -0.1) is 0 Å². The Morgan fingerprint density at radius 2 is 1.63 bits per heavy atom. The summed E-state index contributed by atoms with van der Waals surface area (Å²) in [5.41, 5.74) is 0.301. The van der Waals surface area contributed by atoms with Crippen LogP contribution in [0.1, 0.15) is 58.3 Å². The van der Waals surface area contributed by atoms with E-state index < -0.39 is 0 Å². The third kappa shape index (κ3) is 2.71. The Balaban J connectivity index is 1.61. The number of hydrogen-bond donors (Lipinski definition) is 1. The van der Waals surface area contributed by atoms with Crippen LogP contribution in [0.2, 0.25) is 0 Å². The van der Waals surface area contributed by atoms with Gasteiger partial charge in [-0.1, -0.05) is 13.3 Å². The number of rotatable bonds is 6. The first-order chi connectivity index (χ1) is 9.11. The molecular formula is C17H31NO. The molecule has 4 rings (SSSR count). The number of likely N-dealkylation sites (N-methyl/N-ethyl adjacent to an activating group) is 1. The van der Waals surface area contributed by atoms with Crippen LogP contribution in [0.25, 0.3) is 0 Å². The van der Waals surface area contributed by atoms with E-state index in [-0.39, 0.29) is 6.10 Å². The fourth-order valence-electron chi connectivity index (χ4n) is 5.59. The number of hydrogen-bond acceptors (Lipinski definition) is 2. The Morgan fingerprint density at radius 3 is 2.11 bits per heavy atom. The first-order valence-corrected chi connectivity index (χ1v) is 8.48. The smallest absolute Gasteiger partial charge is 0.0723 e. The quantitative estimate of drug-likeness (QED) is 0.796. The van der Waals surface area contributed by atoms with Crippen LogP contribution in [0.4, 0.5) is 0 Å². The summed E-state index contributed by atoms with van der Waals surface area (Å²) in [5, 5.41) is 10.8. The van der Waals surface area contributed by atoms with Gasteiger partial charge >= 0.3 is 0 Å². The van der Waals surface area contributed by atoms with Crippen molar-refractivity contribution in [1.82, 2.24) is 4.90 Å². The van der Waals surface area contributed by atoms with Gasteiger partial charge in [0, 0.05) is 6.54 Å². The summed E-state index contributed by atoms with van der Waals surface area (Å²) in [6, 6.07) is 0. The topological polar surface area (TPSA) is 23.5 Å². The number of unbranched alkanes of at least 4 members (excludes halogenated alkanes) is 1. The molecule has 0 aromatic carbocycles. The summed E-state index contributed by atoms with van der Waals surface area (Å²) in [6.45, 7) is 4.27. The van der Waals surface area contributed by atoms with E-state index in [2.05, 4.69) is 18.9 Å². The standard InChI is InChI=1S/C17H31NO/c1-3-4-5-18(2)12-16(19)17-9-13-6-14(10-17)8-15(7-13)11-17/h13-16,19H,3-12H2,1-2H3. The van der Waals surface area contributed by atoms with Crippen LogP contribution in [0.3, 0.4) is 0 Å². The highest BCUT2D eigenvalue weighted by Gasteiger charge is 2.53. The SMILES string of the molecule is CCCCN(C)CC(O)C12CC3CC(CC(C3)C1)C2. The molecule has 4 aliphatic rings. The van der Waals surface area contributed by atoms with Crippen molar-refractivity contribution in [2.75, 3.05) is 20.1 Å². The van der Waals surface area contributed by atoms with Crippen molar-refractivity contribution in [3.8, 4) is 0 Å². The van der Waals surface area contributed by atoms with Crippen LogP contribution in [-0.4, -0.2) is 36.2 Å². The van der Waals surface area contributed by atoms with E-state index in [0.717, 1.165) is 30.8 Å². The van der Waals surface area contributed by atoms with E-state index >= 15 is 0 Å². The maximum absolute atomic E-state index is 10.8. The summed E-state index contributed by atoms with van der Waals surface area (Å²) in [5.74, 6) is 2.84. The zero-order valence-electron chi connectivity index (χ0n) is 12.8. The number of aliphatic hydroxyl groups excluding tert-OH is 1. The molecule has 0 aliphatic heterocycles. The minimum atomic E-state index is -0.0808. The van der Waals surface area contributed by atoms with Gasteiger partial charge in [0.05, 0.1) is 6.10 Å². The summed E-state index contributed by atoms with van der Waals surface area (Å²) in [4.78, 5) is 2.35. The minimum Gasteiger partial charge on any atom is -0.391 e. The third-order valence-electron chi connectivity index (χ3n) is 6.17. The first-order valence-electron chi connectivity index (χ1n) is 8.48. The average molecular weight is 265 g/mol. The van der Waals surface area contributed by atoms with Gasteiger partial charge in [-0.05, 0) is 81.7 Å². The van der Waals surface area contributed by atoms with E-state index in [0.29, 0.717) is 5.41 Å². The fourth-order valence-corrected chi connectivity index (χ4v) is 5.59. The maximum Gasteiger partial charge on any atom is 0.0723 e. The van der Waals surface area contributed by atoms with Crippen molar-refractivity contribution in [3.05, 3.63) is 0 Å². The van der Waals surface area contributed by atoms with Gasteiger partial charge in [-0.25, -0.2) is 0 Å². The highest BCUT2D eigenvalue weighted by molar-refractivity contribution is 5.04. The summed E-state index contributed by atoms with van der Waals surface area (Å²) >= 11 is 0. The van der Waals surface area contributed by atoms with Gasteiger partial charge in [0.15, 0.2) is 0 Å². The van der Waals surface area contributed by atoms with Crippen LogP contribution in [0.15, 0.2) is 0 Å². The minimum absolute atomic E-state index is 0.0808. The molecule has 4 saturated carbocycles. The number of nitrogens with zero attached hydrogens (tertiary/aromatic N) is 1. The maximum atomic E-state index is 10.8. The third-order valence-corrected chi connectivity index (χ3v) is 6.17. The molecule has 2 heteroatoms. The molecule has 4 bridgehead atoms. The van der Waals surface area contributed by atoms with Crippen molar-refractivity contribution in [3.63, 3.8) is 0 Å². The van der Waals surface area contributed by atoms with Crippen molar-refractivity contribution in [2.45, 2.75) is 64.4 Å². The molecule has 4 fully saturated rings. The van der Waals surface area contributed by atoms with Crippen LogP contribution >= 0.6 is 0 Å². The van der Waals surface area contributed by atoms with Crippen molar-refractivity contribution >= 4 is 0 Å². The number of aliphatic hydroxyl groups is 1. The zero-order valence-corrected chi connectivity index (χ0v) is 12.8. The van der Waals surface area contributed by atoms with Crippen LogP contribution in [0.5, 0.6) is 0 Å². The van der Waals surface area contributed by atoms with Gasteiger partial charge in [0.2, 0.25) is 0 Å². The molecule has 1 N–H and O–H groups in total. The molecule has 0 heterocycles. The summed E-state index contributed by atoms with van der Waals surface area (Å²) in [6.07, 6.45) is 10.8.